The van der Waals surface area contributed by atoms with Crippen LogP contribution in [0, 0.1) is 6.92 Å². The van der Waals surface area contributed by atoms with E-state index in [1.807, 2.05) is 37.3 Å². The fourth-order valence-corrected chi connectivity index (χ4v) is 5.85. The number of rotatable bonds is 3. The Kier molecular flexibility index (Phi) is 4.67. The topological polar surface area (TPSA) is 48.5 Å². The van der Waals surface area contributed by atoms with Crippen molar-refractivity contribution in [3.8, 4) is 23.0 Å². The van der Waals surface area contributed by atoms with E-state index in [1.54, 1.807) is 0 Å². The summed E-state index contributed by atoms with van der Waals surface area (Å²) >= 11 is 0. The Labute approximate surface area is 224 Å². The van der Waals surface area contributed by atoms with E-state index in [0.717, 1.165) is 27.7 Å². The molecule has 5 aromatic carbocycles. The van der Waals surface area contributed by atoms with Crippen LogP contribution >= 0.6 is 0 Å². The normalized spacial score (nSPS) is 11.7. The molecule has 0 N–H and O–H groups in total. The summed E-state index contributed by atoms with van der Waals surface area (Å²) in [5.74, 6) is 1.97. The van der Waals surface area contributed by atoms with Gasteiger partial charge in [-0.15, -0.1) is 0 Å². The van der Waals surface area contributed by atoms with Crippen molar-refractivity contribution in [2.75, 3.05) is 0 Å². The number of hydrogen-bond acceptors (Lipinski definition) is 3. The van der Waals surface area contributed by atoms with E-state index in [1.165, 1.54) is 27.2 Å². The molecule has 0 fully saturated rings. The number of aryl methyl sites for hydroxylation is 1. The summed E-state index contributed by atoms with van der Waals surface area (Å²) < 4.78 is 4.57. The van der Waals surface area contributed by atoms with Crippen LogP contribution in [0.5, 0.6) is 0 Å². The molecular formula is C34H23N5. The molecule has 184 valence electrons. The van der Waals surface area contributed by atoms with Gasteiger partial charge in [0.05, 0.1) is 22.1 Å². The highest BCUT2D eigenvalue weighted by molar-refractivity contribution is 6.26. The van der Waals surface area contributed by atoms with Gasteiger partial charge in [-0.05, 0) is 37.3 Å². The molecule has 5 heteroatoms. The number of nitrogens with zero attached hydrogens (tertiary/aromatic N) is 5. The first-order valence-electron chi connectivity index (χ1n) is 13.1. The van der Waals surface area contributed by atoms with Gasteiger partial charge in [0.2, 0.25) is 5.95 Å². The number of hydrogen-bond donors (Lipinski definition) is 0. The van der Waals surface area contributed by atoms with Gasteiger partial charge in [-0.1, -0.05) is 91.0 Å². The summed E-state index contributed by atoms with van der Waals surface area (Å²) in [6.45, 7) is 1.93. The van der Waals surface area contributed by atoms with Crippen LogP contribution in [0.4, 0.5) is 0 Å². The lowest BCUT2D eigenvalue weighted by atomic mass is 10.1. The zero-order valence-electron chi connectivity index (χ0n) is 21.3. The van der Waals surface area contributed by atoms with Crippen molar-refractivity contribution >= 4 is 43.6 Å². The molecule has 0 unspecified atom stereocenters. The summed E-state index contributed by atoms with van der Waals surface area (Å²) in [6, 6.07) is 42.3. The van der Waals surface area contributed by atoms with Crippen LogP contribution in [0.3, 0.4) is 0 Å². The molecule has 0 aliphatic carbocycles. The zero-order valence-corrected chi connectivity index (χ0v) is 21.3. The van der Waals surface area contributed by atoms with Gasteiger partial charge in [-0.2, -0.15) is 9.97 Å². The van der Waals surface area contributed by atoms with Gasteiger partial charge in [-0.3, -0.25) is 4.57 Å². The van der Waals surface area contributed by atoms with E-state index < -0.39 is 0 Å². The molecule has 0 amide bonds. The summed E-state index contributed by atoms with van der Waals surface area (Å²) in [7, 11) is 0. The monoisotopic (exact) mass is 501 g/mol. The second kappa shape index (κ2) is 8.36. The standard InChI is InChI=1S/C34H23N5/c1-22-35-33(23-12-4-2-5-13-23)37-34(36-22)39-29-19-11-9-17-27(29)31-30(39)21-20-26-25-16-8-10-18-28(25)38(32(26)31)24-14-6-3-7-15-24/h2-21H,1H3. The molecule has 0 saturated heterocycles. The zero-order chi connectivity index (χ0) is 25.9. The van der Waals surface area contributed by atoms with Gasteiger partial charge in [0.15, 0.2) is 5.82 Å². The fraction of sp³-hybridized carbons (Fsp3) is 0.0294. The van der Waals surface area contributed by atoms with Gasteiger partial charge < -0.3 is 4.57 Å². The minimum absolute atomic E-state index is 0.620. The van der Waals surface area contributed by atoms with Crippen molar-refractivity contribution in [3.63, 3.8) is 0 Å². The van der Waals surface area contributed by atoms with Crippen LogP contribution < -0.4 is 0 Å². The van der Waals surface area contributed by atoms with Crippen LogP contribution in [0.2, 0.25) is 0 Å². The fourth-order valence-electron chi connectivity index (χ4n) is 5.85. The highest BCUT2D eigenvalue weighted by Gasteiger charge is 2.21. The van der Waals surface area contributed by atoms with Crippen LogP contribution in [0.15, 0.2) is 121 Å². The van der Waals surface area contributed by atoms with Crippen LogP contribution in [-0.2, 0) is 0 Å². The third kappa shape index (κ3) is 3.23. The molecule has 0 aliphatic rings. The molecule has 0 radical (unpaired) electrons. The van der Waals surface area contributed by atoms with Crippen molar-refractivity contribution in [2.24, 2.45) is 0 Å². The molecule has 8 rings (SSSR count). The largest absolute Gasteiger partial charge is 0.309 e. The van der Waals surface area contributed by atoms with Crippen molar-refractivity contribution < 1.29 is 0 Å². The number of aromatic nitrogens is 5. The Morgan fingerprint density at radius 1 is 0.487 bits per heavy atom. The Morgan fingerprint density at radius 2 is 1.13 bits per heavy atom. The number of benzene rings is 5. The van der Waals surface area contributed by atoms with E-state index in [0.29, 0.717) is 17.6 Å². The number of fused-ring (bicyclic) bond motifs is 7. The minimum Gasteiger partial charge on any atom is -0.309 e. The third-order valence-corrected chi connectivity index (χ3v) is 7.45. The van der Waals surface area contributed by atoms with E-state index in [4.69, 9.17) is 9.97 Å². The maximum atomic E-state index is 4.98. The maximum Gasteiger partial charge on any atom is 0.238 e. The lowest BCUT2D eigenvalue weighted by Gasteiger charge is -2.10. The van der Waals surface area contributed by atoms with Crippen LogP contribution in [0.1, 0.15) is 5.82 Å². The van der Waals surface area contributed by atoms with Crippen molar-refractivity contribution in [1.82, 2.24) is 24.1 Å². The SMILES string of the molecule is Cc1nc(-c2ccccc2)nc(-n2c3ccccc3c3c2ccc2c4ccccc4n(-c4ccccc4)c23)n1. The quantitative estimate of drug-likeness (QED) is 0.246. The Morgan fingerprint density at radius 3 is 1.90 bits per heavy atom. The Balaban J connectivity index is 1.54. The lowest BCUT2D eigenvalue weighted by molar-refractivity contribution is 0.907. The molecule has 8 aromatic rings. The van der Waals surface area contributed by atoms with Gasteiger partial charge in [-0.25, -0.2) is 4.98 Å². The first kappa shape index (κ1) is 21.8. The first-order valence-corrected chi connectivity index (χ1v) is 13.1. The van der Waals surface area contributed by atoms with Crippen LogP contribution in [0.25, 0.3) is 66.6 Å². The van der Waals surface area contributed by atoms with Gasteiger partial charge in [0.25, 0.3) is 0 Å². The van der Waals surface area contributed by atoms with Crippen molar-refractivity contribution in [2.45, 2.75) is 6.92 Å². The minimum atomic E-state index is 0.620. The van der Waals surface area contributed by atoms with E-state index in [-0.39, 0.29) is 0 Å². The smallest absolute Gasteiger partial charge is 0.238 e. The highest BCUT2D eigenvalue weighted by Crippen LogP contribution is 2.41. The molecule has 3 aromatic heterocycles. The summed E-state index contributed by atoms with van der Waals surface area (Å²) in [6.07, 6.45) is 0. The van der Waals surface area contributed by atoms with Crippen molar-refractivity contribution in [3.05, 3.63) is 127 Å². The highest BCUT2D eigenvalue weighted by atomic mass is 15.2. The molecule has 3 heterocycles. The molecule has 0 saturated carbocycles. The van der Waals surface area contributed by atoms with Gasteiger partial charge in [0, 0.05) is 32.8 Å². The lowest BCUT2D eigenvalue weighted by Crippen LogP contribution is -2.06. The van der Waals surface area contributed by atoms with Crippen molar-refractivity contribution in [1.29, 1.82) is 0 Å². The van der Waals surface area contributed by atoms with Gasteiger partial charge in [0.1, 0.15) is 5.82 Å². The average molecular weight is 502 g/mol. The Bertz CT molecular complexity index is 2170. The van der Waals surface area contributed by atoms with E-state index in [9.17, 15) is 0 Å². The average Bonchev–Trinajstić information content (AvgIpc) is 3.51. The molecule has 0 atom stereocenters. The molecule has 0 bridgehead atoms. The van der Waals surface area contributed by atoms with Gasteiger partial charge >= 0.3 is 0 Å². The van der Waals surface area contributed by atoms with Crippen LogP contribution in [-0.4, -0.2) is 24.1 Å². The molecule has 5 nitrogen and oxygen atoms in total. The molecule has 0 aliphatic heterocycles. The predicted molar refractivity (Wildman–Crippen MR) is 159 cm³/mol. The van der Waals surface area contributed by atoms with E-state index >= 15 is 0 Å². The molecular weight excluding hydrogens is 478 g/mol. The Hall–Kier alpha value is -5.29. The van der Waals surface area contributed by atoms with E-state index in [2.05, 4.69) is 105 Å². The third-order valence-electron chi connectivity index (χ3n) is 7.45. The number of para-hydroxylation sites is 3. The summed E-state index contributed by atoms with van der Waals surface area (Å²) in [5.41, 5.74) is 6.60. The summed E-state index contributed by atoms with van der Waals surface area (Å²) in [4.78, 5) is 14.5. The first-order chi connectivity index (χ1) is 19.3. The molecule has 0 spiro atoms. The predicted octanol–water partition coefficient (Wildman–Crippen LogP) is 8.04. The maximum absolute atomic E-state index is 4.98. The summed E-state index contributed by atoms with van der Waals surface area (Å²) in [5, 5.41) is 4.80. The second-order valence-corrected chi connectivity index (χ2v) is 9.77. The second-order valence-electron chi connectivity index (χ2n) is 9.77. The molecule has 39 heavy (non-hydrogen) atoms.